The maximum absolute atomic E-state index is 11.9. The van der Waals surface area contributed by atoms with Crippen molar-refractivity contribution in [3.63, 3.8) is 0 Å². The fraction of sp³-hybridized carbons (Fsp3) is 0.273. The zero-order chi connectivity index (χ0) is 12.4. The normalized spacial score (nSPS) is 19.8. The monoisotopic (exact) mass is 234 g/mol. The van der Waals surface area contributed by atoms with Gasteiger partial charge in [0.15, 0.2) is 0 Å². The number of aliphatic carboxylic acids is 1. The van der Waals surface area contributed by atoms with Crippen molar-refractivity contribution in [2.24, 2.45) is 0 Å². The molecule has 2 rings (SSSR count). The molecule has 6 heteroatoms. The Bertz CT molecular complexity index is 472. The number of hydrogen-bond donors (Lipinski definition) is 1. The Labute approximate surface area is 96.9 Å². The van der Waals surface area contributed by atoms with E-state index in [-0.39, 0.29) is 6.42 Å². The van der Waals surface area contributed by atoms with E-state index in [2.05, 4.69) is 4.98 Å². The van der Waals surface area contributed by atoms with Crippen molar-refractivity contribution in [1.29, 1.82) is 0 Å². The molecule has 0 radical (unpaired) electrons. The first-order valence-electron chi connectivity index (χ1n) is 5.05. The molecule has 1 aromatic heterocycles. The average molecular weight is 234 g/mol. The van der Waals surface area contributed by atoms with Gasteiger partial charge in [-0.2, -0.15) is 0 Å². The number of hydrogen-bond acceptors (Lipinski definition) is 4. The summed E-state index contributed by atoms with van der Waals surface area (Å²) in [5.74, 6) is -2.72. The molecule has 0 bridgehead atoms. The Morgan fingerprint density at radius 1 is 1.53 bits per heavy atom. The van der Waals surface area contributed by atoms with Gasteiger partial charge in [0.2, 0.25) is 11.8 Å². The third-order valence-corrected chi connectivity index (χ3v) is 2.62. The number of rotatable bonds is 3. The van der Waals surface area contributed by atoms with Crippen LogP contribution in [0.4, 0.5) is 0 Å². The molecule has 1 aliphatic rings. The van der Waals surface area contributed by atoms with Crippen LogP contribution >= 0.6 is 0 Å². The minimum absolute atomic E-state index is 0.0117. The molecule has 6 nitrogen and oxygen atoms in total. The summed E-state index contributed by atoms with van der Waals surface area (Å²) in [6.45, 7) is -0.575. The summed E-state index contributed by atoms with van der Waals surface area (Å²) in [6, 6.07) is 3.38. The van der Waals surface area contributed by atoms with Gasteiger partial charge in [0, 0.05) is 18.8 Å². The molecule has 88 valence electrons. The predicted molar refractivity (Wildman–Crippen MR) is 56.0 cm³/mol. The number of carbonyl (C=O) groups is 3. The van der Waals surface area contributed by atoms with Crippen LogP contribution < -0.4 is 0 Å². The molecular weight excluding hydrogens is 224 g/mol. The van der Waals surface area contributed by atoms with Crippen LogP contribution in [0.5, 0.6) is 0 Å². The third-order valence-electron chi connectivity index (χ3n) is 2.62. The molecule has 0 saturated carbocycles. The number of amides is 2. The van der Waals surface area contributed by atoms with Crippen LogP contribution in [0.25, 0.3) is 0 Å². The topological polar surface area (TPSA) is 87.6 Å². The lowest BCUT2D eigenvalue weighted by Gasteiger charge is -2.11. The minimum atomic E-state index is -1.20. The number of pyridine rings is 1. The van der Waals surface area contributed by atoms with E-state index in [1.54, 1.807) is 18.3 Å². The Kier molecular flexibility index (Phi) is 2.86. The first-order valence-corrected chi connectivity index (χ1v) is 5.05. The van der Waals surface area contributed by atoms with Crippen LogP contribution in [0.1, 0.15) is 17.9 Å². The lowest BCUT2D eigenvalue weighted by Crippen LogP contribution is -2.35. The van der Waals surface area contributed by atoms with Crippen molar-refractivity contribution in [2.75, 3.05) is 6.54 Å². The molecule has 0 aliphatic carbocycles. The maximum Gasteiger partial charge on any atom is 0.323 e. The first-order chi connectivity index (χ1) is 8.09. The van der Waals surface area contributed by atoms with Gasteiger partial charge in [-0.1, -0.05) is 6.07 Å². The van der Waals surface area contributed by atoms with Crippen molar-refractivity contribution >= 4 is 17.8 Å². The van der Waals surface area contributed by atoms with Gasteiger partial charge in [-0.05, 0) is 11.6 Å². The molecule has 17 heavy (non-hydrogen) atoms. The average Bonchev–Trinajstić information content (AvgIpc) is 2.58. The summed E-state index contributed by atoms with van der Waals surface area (Å²) in [5.41, 5.74) is 0.638. The number of nitrogens with zero attached hydrogens (tertiary/aromatic N) is 2. The van der Waals surface area contributed by atoms with E-state index in [9.17, 15) is 14.4 Å². The quantitative estimate of drug-likeness (QED) is 0.744. The lowest BCUT2D eigenvalue weighted by molar-refractivity contribution is -0.148. The summed E-state index contributed by atoms with van der Waals surface area (Å²) in [7, 11) is 0. The van der Waals surface area contributed by atoms with Gasteiger partial charge in [0.05, 0.1) is 5.92 Å². The highest BCUT2D eigenvalue weighted by Gasteiger charge is 2.40. The second-order valence-electron chi connectivity index (χ2n) is 3.75. The molecule has 1 aliphatic heterocycles. The molecule has 1 unspecified atom stereocenters. The molecule has 1 fully saturated rings. The summed E-state index contributed by atoms with van der Waals surface area (Å²) >= 11 is 0. The summed E-state index contributed by atoms with van der Waals surface area (Å²) < 4.78 is 0. The van der Waals surface area contributed by atoms with Crippen LogP contribution in [0, 0.1) is 0 Å². The van der Waals surface area contributed by atoms with E-state index in [4.69, 9.17) is 5.11 Å². The van der Waals surface area contributed by atoms with Crippen LogP contribution in [-0.4, -0.2) is 39.3 Å². The first kappa shape index (κ1) is 11.3. The second-order valence-corrected chi connectivity index (χ2v) is 3.75. The second kappa shape index (κ2) is 4.32. The van der Waals surface area contributed by atoms with Gasteiger partial charge in [-0.25, -0.2) is 0 Å². The molecule has 0 aromatic carbocycles. The number of carboxylic acid groups (broad SMARTS) is 1. The SMILES string of the molecule is O=C(O)CN1C(=O)CC(c2cccnc2)C1=O. The Morgan fingerprint density at radius 2 is 2.29 bits per heavy atom. The highest BCUT2D eigenvalue weighted by molar-refractivity contribution is 6.07. The Morgan fingerprint density at radius 3 is 2.88 bits per heavy atom. The Hall–Kier alpha value is -2.24. The van der Waals surface area contributed by atoms with E-state index in [0.29, 0.717) is 5.56 Å². The Balaban J connectivity index is 2.22. The molecule has 2 amide bonds. The van der Waals surface area contributed by atoms with E-state index in [1.807, 2.05) is 0 Å². The minimum Gasteiger partial charge on any atom is -0.480 e. The largest absolute Gasteiger partial charge is 0.480 e. The van der Waals surface area contributed by atoms with Crippen LogP contribution in [0.2, 0.25) is 0 Å². The molecule has 2 heterocycles. The molecule has 1 atom stereocenters. The highest BCUT2D eigenvalue weighted by atomic mass is 16.4. The maximum atomic E-state index is 11.9. The van der Waals surface area contributed by atoms with Gasteiger partial charge in [0.25, 0.3) is 0 Å². The van der Waals surface area contributed by atoms with Crippen LogP contribution in [0.15, 0.2) is 24.5 Å². The van der Waals surface area contributed by atoms with E-state index in [0.717, 1.165) is 4.90 Å². The molecular formula is C11H10N2O4. The number of carbonyl (C=O) groups excluding carboxylic acids is 2. The number of imide groups is 1. The summed E-state index contributed by atoms with van der Waals surface area (Å²) in [5, 5.41) is 8.61. The van der Waals surface area contributed by atoms with Crippen molar-refractivity contribution in [3.05, 3.63) is 30.1 Å². The fourth-order valence-corrected chi connectivity index (χ4v) is 1.83. The molecule has 1 saturated heterocycles. The zero-order valence-corrected chi connectivity index (χ0v) is 8.87. The van der Waals surface area contributed by atoms with Crippen molar-refractivity contribution in [2.45, 2.75) is 12.3 Å². The van der Waals surface area contributed by atoms with Crippen LogP contribution in [-0.2, 0) is 14.4 Å². The predicted octanol–water partition coefficient (Wildman–Crippen LogP) is 0.00870. The van der Waals surface area contributed by atoms with Crippen molar-refractivity contribution < 1.29 is 19.5 Å². The molecule has 0 spiro atoms. The highest BCUT2D eigenvalue weighted by Crippen LogP contribution is 2.28. The van der Waals surface area contributed by atoms with E-state index in [1.165, 1.54) is 6.20 Å². The zero-order valence-electron chi connectivity index (χ0n) is 8.87. The van der Waals surface area contributed by atoms with Crippen molar-refractivity contribution in [1.82, 2.24) is 9.88 Å². The standard InChI is InChI=1S/C11H10N2O4/c14-9-4-8(7-2-1-3-12-5-7)11(17)13(9)6-10(15)16/h1-3,5,8H,4,6H2,(H,15,16). The van der Waals surface area contributed by atoms with Gasteiger partial charge in [-0.15, -0.1) is 0 Å². The third kappa shape index (κ3) is 2.15. The molecule has 1 N–H and O–H groups in total. The number of likely N-dealkylation sites (tertiary alicyclic amines) is 1. The number of carboxylic acids is 1. The summed E-state index contributed by atoms with van der Waals surface area (Å²) in [6.07, 6.45) is 3.09. The van der Waals surface area contributed by atoms with Crippen molar-refractivity contribution in [3.8, 4) is 0 Å². The van der Waals surface area contributed by atoms with Crippen LogP contribution in [0.3, 0.4) is 0 Å². The van der Waals surface area contributed by atoms with E-state index < -0.39 is 30.2 Å². The fourth-order valence-electron chi connectivity index (χ4n) is 1.83. The lowest BCUT2D eigenvalue weighted by atomic mass is 10.00. The van der Waals surface area contributed by atoms with Gasteiger partial charge in [0.1, 0.15) is 6.54 Å². The summed E-state index contributed by atoms with van der Waals surface area (Å²) in [4.78, 5) is 38.6. The van der Waals surface area contributed by atoms with Gasteiger partial charge in [-0.3, -0.25) is 24.3 Å². The van der Waals surface area contributed by atoms with Gasteiger partial charge >= 0.3 is 5.97 Å². The number of aromatic nitrogens is 1. The smallest absolute Gasteiger partial charge is 0.323 e. The molecule has 1 aromatic rings. The van der Waals surface area contributed by atoms with Gasteiger partial charge < -0.3 is 5.11 Å². The van der Waals surface area contributed by atoms with E-state index >= 15 is 0 Å².